The molecule has 1 rings (SSSR count). The molecule has 0 amide bonds. The molecule has 4 nitrogen and oxygen atoms in total. The summed E-state index contributed by atoms with van der Waals surface area (Å²) in [6.07, 6.45) is 3.92. The molecule has 19 heavy (non-hydrogen) atoms. The van der Waals surface area contributed by atoms with Crippen LogP contribution < -0.4 is 10.2 Å². The topological polar surface area (TPSA) is 41.1 Å². The van der Waals surface area contributed by atoms with Crippen LogP contribution in [0.4, 0.5) is 11.6 Å². The molecule has 1 N–H and O–H groups in total. The van der Waals surface area contributed by atoms with Gasteiger partial charge in [0.2, 0.25) is 0 Å². The van der Waals surface area contributed by atoms with Gasteiger partial charge < -0.3 is 10.2 Å². The number of aromatic nitrogens is 2. The Morgan fingerprint density at radius 2 is 1.79 bits per heavy atom. The van der Waals surface area contributed by atoms with Crippen LogP contribution in [0.2, 0.25) is 0 Å². The van der Waals surface area contributed by atoms with Crippen molar-refractivity contribution in [2.24, 2.45) is 0 Å². The van der Waals surface area contributed by atoms with E-state index in [1.54, 1.807) is 6.33 Å². The first-order valence-electron chi connectivity index (χ1n) is 7.38. The maximum absolute atomic E-state index is 4.53. The first kappa shape index (κ1) is 15.7. The quantitative estimate of drug-likeness (QED) is 0.816. The molecule has 108 valence electrons. The van der Waals surface area contributed by atoms with E-state index in [9.17, 15) is 0 Å². The summed E-state index contributed by atoms with van der Waals surface area (Å²) in [5.74, 6) is 2.44. The van der Waals surface area contributed by atoms with Crippen LogP contribution in [0, 0.1) is 0 Å². The van der Waals surface area contributed by atoms with Crippen LogP contribution in [0.3, 0.4) is 0 Å². The van der Waals surface area contributed by atoms with Crippen LogP contribution in [0.1, 0.15) is 58.9 Å². The van der Waals surface area contributed by atoms with E-state index in [0.717, 1.165) is 31.0 Å². The predicted octanol–water partition coefficient (Wildman–Crippen LogP) is 3.66. The number of anilines is 2. The zero-order valence-corrected chi connectivity index (χ0v) is 13.2. The Hall–Kier alpha value is -1.32. The summed E-state index contributed by atoms with van der Waals surface area (Å²) in [4.78, 5) is 11.2. The number of hydrogen-bond acceptors (Lipinski definition) is 4. The van der Waals surface area contributed by atoms with Gasteiger partial charge in [0.15, 0.2) is 0 Å². The third-order valence-electron chi connectivity index (χ3n) is 3.61. The van der Waals surface area contributed by atoms with E-state index in [1.807, 2.05) is 0 Å². The van der Waals surface area contributed by atoms with Gasteiger partial charge in [-0.05, 0) is 25.7 Å². The Morgan fingerprint density at radius 1 is 1.16 bits per heavy atom. The Labute approximate surface area is 117 Å². The Morgan fingerprint density at radius 3 is 2.26 bits per heavy atom. The average molecular weight is 264 g/mol. The molecule has 0 radical (unpaired) electrons. The van der Waals surface area contributed by atoms with E-state index >= 15 is 0 Å². The molecule has 1 aromatic heterocycles. The van der Waals surface area contributed by atoms with Gasteiger partial charge in [-0.25, -0.2) is 9.97 Å². The highest BCUT2D eigenvalue weighted by atomic mass is 15.2. The monoisotopic (exact) mass is 264 g/mol. The van der Waals surface area contributed by atoms with Crippen LogP contribution in [-0.4, -0.2) is 29.6 Å². The lowest BCUT2D eigenvalue weighted by Crippen LogP contribution is -2.32. The van der Waals surface area contributed by atoms with E-state index in [-0.39, 0.29) is 0 Å². The van der Waals surface area contributed by atoms with E-state index in [1.165, 1.54) is 5.56 Å². The van der Waals surface area contributed by atoms with Crippen LogP contribution in [0.15, 0.2) is 6.33 Å². The molecule has 0 saturated carbocycles. The molecule has 0 aliphatic carbocycles. The van der Waals surface area contributed by atoms with Crippen molar-refractivity contribution < 1.29 is 0 Å². The minimum Gasteiger partial charge on any atom is -0.370 e. The lowest BCUT2D eigenvalue weighted by atomic mass is 10.0. The molecule has 1 aromatic rings. The van der Waals surface area contributed by atoms with Crippen LogP contribution in [0.5, 0.6) is 0 Å². The molecule has 0 atom stereocenters. The van der Waals surface area contributed by atoms with E-state index in [0.29, 0.717) is 12.0 Å². The fraction of sp³-hybridized carbons (Fsp3) is 0.733. The molecule has 0 bridgehead atoms. The van der Waals surface area contributed by atoms with Gasteiger partial charge in [0.05, 0.1) is 0 Å². The molecular formula is C15H28N4. The average Bonchev–Trinajstić information content (AvgIpc) is 2.39. The molecule has 0 aliphatic heterocycles. The second-order valence-corrected chi connectivity index (χ2v) is 5.23. The second kappa shape index (κ2) is 7.31. The zero-order valence-electron chi connectivity index (χ0n) is 13.2. The number of nitrogens with one attached hydrogen (secondary N) is 1. The molecule has 4 heteroatoms. The highest BCUT2D eigenvalue weighted by Gasteiger charge is 2.20. The van der Waals surface area contributed by atoms with Gasteiger partial charge >= 0.3 is 0 Å². The van der Waals surface area contributed by atoms with Crippen LogP contribution >= 0.6 is 0 Å². The first-order valence-corrected chi connectivity index (χ1v) is 7.38. The molecular weight excluding hydrogens is 236 g/mol. The van der Waals surface area contributed by atoms with Gasteiger partial charge in [-0.1, -0.05) is 27.7 Å². The minimum atomic E-state index is 0.405. The van der Waals surface area contributed by atoms with E-state index < -0.39 is 0 Å². The predicted molar refractivity (Wildman–Crippen MR) is 83.1 cm³/mol. The van der Waals surface area contributed by atoms with Crippen molar-refractivity contribution in [1.82, 2.24) is 9.97 Å². The largest absolute Gasteiger partial charge is 0.370 e. The second-order valence-electron chi connectivity index (χ2n) is 5.23. The zero-order chi connectivity index (χ0) is 14.4. The summed E-state index contributed by atoms with van der Waals surface area (Å²) in [7, 11) is 2.14. The van der Waals surface area contributed by atoms with E-state index in [4.69, 9.17) is 0 Å². The van der Waals surface area contributed by atoms with Crippen LogP contribution in [-0.2, 0) is 0 Å². The smallest absolute Gasteiger partial charge is 0.137 e. The Bertz CT molecular complexity index is 386. The number of hydrogen-bond donors (Lipinski definition) is 1. The van der Waals surface area contributed by atoms with Crippen LogP contribution in [0.25, 0.3) is 0 Å². The Balaban J connectivity index is 3.22. The first-order chi connectivity index (χ1) is 9.06. The van der Waals surface area contributed by atoms with Gasteiger partial charge in [0.25, 0.3) is 0 Å². The SMILES string of the molecule is CCNc1ncnc(N(C)C(CC)CC)c1C(C)C. The molecule has 0 saturated heterocycles. The highest BCUT2D eigenvalue weighted by Crippen LogP contribution is 2.31. The third kappa shape index (κ3) is 3.58. The van der Waals surface area contributed by atoms with Gasteiger partial charge in [0, 0.05) is 25.2 Å². The van der Waals surface area contributed by atoms with E-state index in [2.05, 4.69) is 61.9 Å². The summed E-state index contributed by atoms with van der Waals surface area (Å²) < 4.78 is 0. The summed E-state index contributed by atoms with van der Waals surface area (Å²) >= 11 is 0. The maximum atomic E-state index is 4.53. The van der Waals surface area contributed by atoms with Gasteiger partial charge in [0.1, 0.15) is 18.0 Å². The lowest BCUT2D eigenvalue weighted by molar-refractivity contribution is 0.582. The molecule has 0 aromatic carbocycles. The fourth-order valence-electron chi connectivity index (χ4n) is 2.52. The summed E-state index contributed by atoms with van der Waals surface area (Å²) in [6, 6.07) is 0.530. The summed E-state index contributed by atoms with van der Waals surface area (Å²) in [6.45, 7) is 11.8. The molecule has 0 aliphatic rings. The standard InChI is InChI=1S/C15H28N4/c1-7-12(8-2)19(6)15-13(11(4)5)14(16-9-3)17-10-18-15/h10-12H,7-9H2,1-6H3,(H,16,17,18). The maximum Gasteiger partial charge on any atom is 0.137 e. The molecule has 0 spiro atoms. The normalized spacial score (nSPS) is 11.2. The number of rotatable bonds is 7. The van der Waals surface area contributed by atoms with Crippen molar-refractivity contribution in [3.8, 4) is 0 Å². The molecule has 0 fully saturated rings. The lowest BCUT2D eigenvalue weighted by Gasteiger charge is -2.30. The van der Waals surface area contributed by atoms with Crippen molar-refractivity contribution in [3.63, 3.8) is 0 Å². The Kier molecular flexibility index (Phi) is 6.06. The number of nitrogens with zero attached hydrogens (tertiary/aromatic N) is 3. The van der Waals surface area contributed by atoms with Gasteiger partial charge in [-0.15, -0.1) is 0 Å². The van der Waals surface area contributed by atoms with Crippen molar-refractivity contribution in [3.05, 3.63) is 11.9 Å². The minimum absolute atomic E-state index is 0.405. The summed E-state index contributed by atoms with van der Waals surface area (Å²) in [5.41, 5.74) is 1.22. The molecule has 0 unspecified atom stereocenters. The fourth-order valence-corrected chi connectivity index (χ4v) is 2.52. The third-order valence-corrected chi connectivity index (χ3v) is 3.61. The van der Waals surface area contributed by atoms with Crippen molar-refractivity contribution in [1.29, 1.82) is 0 Å². The summed E-state index contributed by atoms with van der Waals surface area (Å²) in [5, 5.41) is 3.35. The molecule has 1 heterocycles. The van der Waals surface area contributed by atoms with Crippen molar-refractivity contribution in [2.45, 2.75) is 59.4 Å². The van der Waals surface area contributed by atoms with Gasteiger partial charge in [-0.2, -0.15) is 0 Å². The highest BCUT2D eigenvalue weighted by molar-refractivity contribution is 5.60. The van der Waals surface area contributed by atoms with Crippen molar-refractivity contribution >= 4 is 11.6 Å². The van der Waals surface area contributed by atoms with Crippen molar-refractivity contribution in [2.75, 3.05) is 23.8 Å². The van der Waals surface area contributed by atoms with Gasteiger partial charge in [-0.3, -0.25) is 0 Å².